The Labute approximate surface area is 241 Å². The zero-order chi connectivity index (χ0) is 29.4. The number of hydrogen-bond acceptors (Lipinski definition) is 7. The van der Waals surface area contributed by atoms with Crippen LogP contribution in [0.25, 0.3) is 10.9 Å². The minimum absolute atomic E-state index is 0.0328. The van der Waals surface area contributed by atoms with E-state index in [2.05, 4.69) is 20.9 Å². The molecule has 0 aliphatic heterocycles. The number of carbonyl (C=O) groups excluding carboxylic acids is 2. The first-order valence-corrected chi connectivity index (χ1v) is 13.2. The number of anilines is 1. The quantitative estimate of drug-likeness (QED) is 0.200. The van der Waals surface area contributed by atoms with Crippen LogP contribution < -0.4 is 25.4 Å². The van der Waals surface area contributed by atoms with Gasteiger partial charge >= 0.3 is 0 Å². The zero-order valence-corrected chi connectivity index (χ0v) is 23.3. The number of methoxy groups -OCH3 is 1. The van der Waals surface area contributed by atoms with Crippen LogP contribution in [-0.2, 0) is 11.2 Å². The van der Waals surface area contributed by atoms with Crippen molar-refractivity contribution >= 4 is 45.7 Å². The molecule has 212 valence electrons. The Morgan fingerprint density at radius 1 is 1.05 bits per heavy atom. The van der Waals surface area contributed by atoms with Crippen LogP contribution in [0.3, 0.4) is 0 Å². The Hall–Kier alpha value is -4.61. The molecular weight excluding hydrogens is 547 g/mol. The monoisotopic (exact) mass is 576 g/mol. The number of carbonyl (C=O) groups is 2. The summed E-state index contributed by atoms with van der Waals surface area (Å²) in [5.74, 6) is -0.934. The van der Waals surface area contributed by atoms with E-state index in [1.165, 1.54) is 25.4 Å². The summed E-state index contributed by atoms with van der Waals surface area (Å²) in [5, 5.41) is 18.1. The molecule has 0 fully saturated rings. The first kappa shape index (κ1) is 29.4. The maximum absolute atomic E-state index is 15.1. The number of aliphatic hydroxyl groups excluding tert-OH is 1. The highest BCUT2D eigenvalue weighted by Gasteiger charge is 2.19. The summed E-state index contributed by atoms with van der Waals surface area (Å²) in [6.07, 6.45) is 2.20. The number of halogens is 1. The third-order valence-corrected chi connectivity index (χ3v) is 6.39. The number of pyridine rings is 1. The average Bonchev–Trinajstić information content (AvgIpc) is 2.96. The van der Waals surface area contributed by atoms with Crippen molar-refractivity contribution in [3.05, 3.63) is 89.9 Å². The number of hydrogen-bond donors (Lipinski definition) is 4. The first-order valence-electron chi connectivity index (χ1n) is 12.8. The molecule has 1 atom stereocenters. The van der Waals surface area contributed by atoms with Crippen LogP contribution in [0.2, 0.25) is 0 Å². The maximum Gasteiger partial charge on any atom is 0.255 e. The van der Waals surface area contributed by atoms with Crippen LogP contribution in [0.15, 0.2) is 72.9 Å². The van der Waals surface area contributed by atoms with Gasteiger partial charge in [-0.05, 0) is 48.5 Å². The molecule has 0 saturated heterocycles. The van der Waals surface area contributed by atoms with Gasteiger partial charge in [0.15, 0.2) is 16.7 Å². The highest BCUT2D eigenvalue weighted by atomic mass is 32.1. The molecule has 4 aromatic rings. The number of benzene rings is 3. The molecule has 2 amide bonds. The molecule has 1 aromatic heterocycles. The van der Waals surface area contributed by atoms with E-state index in [1.54, 1.807) is 24.3 Å². The van der Waals surface area contributed by atoms with Crippen molar-refractivity contribution in [2.45, 2.75) is 25.8 Å². The van der Waals surface area contributed by atoms with E-state index in [0.29, 0.717) is 28.8 Å². The van der Waals surface area contributed by atoms with Crippen LogP contribution in [0.1, 0.15) is 29.3 Å². The van der Waals surface area contributed by atoms with Gasteiger partial charge in [-0.15, -0.1) is 0 Å². The van der Waals surface area contributed by atoms with Crippen molar-refractivity contribution in [2.75, 3.05) is 19.0 Å². The third kappa shape index (κ3) is 7.53. The molecule has 11 heteroatoms. The lowest BCUT2D eigenvalue weighted by Crippen LogP contribution is -2.37. The number of aromatic nitrogens is 1. The maximum atomic E-state index is 15.1. The topological polar surface area (TPSA) is 122 Å². The highest BCUT2D eigenvalue weighted by Crippen LogP contribution is 2.34. The molecule has 1 heterocycles. The number of thiocarbonyl (C=S) groups is 1. The lowest BCUT2D eigenvalue weighted by atomic mass is 10.1. The van der Waals surface area contributed by atoms with Gasteiger partial charge in [-0.2, -0.15) is 0 Å². The van der Waals surface area contributed by atoms with Gasteiger partial charge in [0.05, 0.1) is 37.3 Å². The van der Waals surface area contributed by atoms with Gasteiger partial charge in [0.2, 0.25) is 5.91 Å². The summed E-state index contributed by atoms with van der Waals surface area (Å²) in [6.45, 7) is 1.64. The number of fused-ring (bicyclic) bond motifs is 1. The van der Waals surface area contributed by atoms with Crippen molar-refractivity contribution in [3.8, 4) is 17.2 Å². The molecule has 0 saturated carbocycles. The minimum Gasteiger partial charge on any atom is -0.496 e. The second-order valence-corrected chi connectivity index (χ2v) is 9.46. The van der Waals surface area contributed by atoms with Gasteiger partial charge in [0.25, 0.3) is 5.91 Å². The summed E-state index contributed by atoms with van der Waals surface area (Å²) in [7, 11) is 1.44. The van der Waals surface area contributed by atoms with Crippen LogP contribution in [0.4, 0.5) is 10.1 Å². The van der Waals surface area contributed by atoms with E-state index < -0.39 is 17.8 Å². The summed E-state index contributed by atoms with van der Waals surface area (Å²) >= 11 is 5.20. The molecule has 4 N–H and O–H groups in total. The SMILES string of the molecule is CCC(CO)NC(=O)c1cc2c(Oc3ccc(NC(=S)NC(=O)Cc4ccccc4)cc3F)ccnc2cc1OC. The van der Waals surface area contributed by atoms with Crippen molar-refractivity contribution in [1.29, 1.82) is 0 Å². The van der Waals surface area contributed by atoms with Gasteiger partial charge in [-0.1, -0.05) is 37.3 Å². The van der Waals surface area contributed by atoms with Gasteiger partial charge in [0, 0.05) is 29.4 Å². The largest absolute Gasteiger partial charge is 0.496 e. The Morgan fingerprint density at radius 3 is 2.51 bits per heavy atom. The summed E-state index contributed by atoms with van der Waals surface area (Å²) in [4.78, 5) is 29.5. The van der Waals surface area contributed by atoms with E-state index in [9.17, 15) is 14.7 Å². The van der Waals surface area contributed by atoms with Crippen LogP contribution in [0, 0.1) is 5.82 Å². The average molecular weight is 577 g/mol. The fourth-order valence-electron chi connectivity index (χ4n) is 4.02. The number of amides is 2. The predicted octanol–water partition coefficient (Wildman–Crippen LogP) is 4.73. The Morgan fingerprint density at radius 2 is 1.83 bits per heavy atom. The molecule has 1 unspecified atom stereocenters. The van der Waals surface area contributed by atoms with Crippen molar-refractivity contribution in [3.63, 3.8) is 0 Å². The zero-order valence-electron chi connectivity index (χ0n) is 22.4. The molecule has 0 bridgehead atoms. The number of aliphatic hydroxyl groups is 1. The van der Waals surface area contributed by atoms with Gasteiger partial charge < -0.3 is 30.5 Å². The number of nitrogens with zero attached hydrogens (tertiary/aromatic N) is 1. The Kier molecular flexibility index (Phi) is 9.77. The summed E-state index contributed by atoms with van der Waals surface area (Å²) in [5.41, 5.74) is 1.84. The third-order valence-electron chi connectivity index (χ3n) is 6.19. The van der Waals surface area contributed by atoms with E-state index in [-0.39, 0.29) is 41.1 Å². The van der Waals surface area contributed by atoms with Crippen molar-refractivity contribution in [1.82, 2.24) is 15.6 Å². The molecule has 0 radical (unpaired) electrons. The molecule has 0 spiro atoms. The van der Waals surface area contributed by atoms with Gasteiger partial charge in [0.1, 0.15) is 11.5 Å². The fourth-order valence-corrected chi connectivity index (χ4v) is 4.25. The molecule has 0 aliphatic rings. The van der Waals surface area contributed by atoms with E-state index >= 15 is 4.39 Å². The fraction of sp³-hybridized carbons (Fsp3) is 0.200. The summed E-state index contributed by atoms with van der Waals surface area (Å²) in [6, 6.07) is 17.7. The van der Waals surface area contributed by atoms with Crippen LogP contribution in [0.5, 0.6) is 17.2 Å². The first-order chi connectivity index (χ1) is 19.8. The second kappa shape index (κ2) is 13.6. The van der Waals surface area contributed by atoms with E-state index in [0.717, 1.165) is 5.56 Å². The molecular formula is C30H29FN4O5S. The van der Waals surface area contributed by atoms with E-state index in [1.807, 2.05) is 37.3 Å². The number of rotatable bonds is 10. The molecule has 41 heavy (non-hydrogen) atoms. The van der Waals surface area contributed by atoms with Crippen molar-refractivity contribution in [2.24, 2.45) is 0 Å². The number of ether oxygens (including phenoxy) is 2. The molecule has 0 aliphatic carbocycles. The lowest BCUT2D eigenvalue weighted by Gasteiger charge is -2.17. The summed E-state index contributed by atoms with van der Waals surface area (Å²) < 4.78 is 26.3. The molecule has 9 nitrogen and oxygen atoms in total. The predicted molar refractivity (Wildman–Crippen MR) is 158 cm³/mol. The van der Waals surface area contributed by atoms with Crippen LogP contribution in [-0.4, -0.2) is 46.8 Å². The Balaban J connectivity index is 1.50. The normalized spacial score (nSPS) is 11.4. The highest BCUT2D eigenvalue weighted by molar-refractivity contribution is 7.80. The minimum atomic E-state index is -0.682. The second-order valence-electron chi connectivity index (χ2n) is 9.05. The van der Waals surface area contributed by atoms with Crippen LogP contribution >= 0.6 is 12.2 Å². The molecule has 4 rings (SSSR count). The van der Waals surface area contributed by atoms with Gasteiger partial charge in [-0.25, -0.2) is 4.39 Å². The standard InChI is InChI=1S/C30H29FN4O5S/c1-3-19(17-36)33-29(38)22-15-21-24(16-27(22)39-2)32-12-11-25(21)40-26-10-9-20(14-23(26)31)34-30(41)35-28(37)13-18-7-5-4-6-8-18/h4-12,14-16,19,36H,3,13,17H2,1-2H3,(H,33,38)(H2,34,35,37,41). The van der Waals surface area contributed by atoms with E-state index in [4.69, 9.17) is 21.7 Å². The molecule has 3 aromatic carbocycles. The van der Waals surface area contributed by atoms with Gasteiger partial charge in [-0.3, -0.25) is 14.6 Å². The van der Waals surface area contributed by atoms with Crippen molar-refractivity contribution < 1.29 is 28.6 Å². The Bertz CT molecular complexity index is 1560. The lowest BCUT2D eigenvalue weighted by molar-refractivity contribution is -0.119. The smallest absolute Gasteiger partial charge is 0.255 e. The number of nitrogens with one attached hydrogen (secondary N) is 3.